The number of hydrogen-bond donors (Lipinski definition) is 2. The summed E-state index contributed by atoms with van der Waals surface area (Å²) in [6.07, 6.45) is 3.45. The summed E-state index contributed by atoms with van der Waals surface area (Å²) in [6.45, 7) is 3.71. The topological polar surface area (TPSA) is 73.9 Å². The maximum atomic E-state index is 12.6. The van der Waals surface area contributed by atoms with Gasteiger partial charge in [0, 0.05) is 18.3 Å². The fourth-order valence-corrected chi connectivity index (χ4v) is 2.87. The Labute approximate surface area is 123 Å². The number of aromatic nitrogens is 3. The van der Waals surface area contributed by atoms with Gasteiger partial charge >= 0.3 is 0 Å². The summed E-state index contributed by atoms with van der Waals surface area (Å²) in [4.78, 5) is 14.4. The van der Waals surface area contributed by atoms with E-state index in [1.807, 2.05) is 23.1 Å². The van der Waals surface area contributed by atoms with Crippen molar-refractivity contribution in [3.05, 3.63) is 41.7 Å². The molecule has 1 aromatic heterocycles. The van der Waals surface area contributed by atoms with E-state index in [9.17, 15) is 4.79 Å². The van der Waals surface area contributed by atoms with Gasteiger partial charge < -0.3 is 10.2 Å². The van der Waals surface area contributed by atoms with Crippen molar-refractivity contribution in [1.29, 1.82) is 0 Å². The number of carbonyl (C=O) groups is 1. The number of nitrogens with zero attached hydrogens (tertiary/aromatic N) is 3. The molecule has 110 valence electrons. The van der Waals surface area contributed by atoms with E-state index in [0.29, 0.717) is 18.3 Å². The Morgan fingerprint density at radius 3 is 3.10 bits per heavy atom. The first-order chi connectivity index (χ1) is 10.3. The summed E-state index contributed by atoms with van der Waals surface area (Å²) in [5, 5.41) is 13.6. The quantitative estimate of drug-likeness (QED) is 0.903. The molecule has 2 N–H and O–H groups in total. The van der Waals surface area contributed by atoms with E-state index < -0.39 is 0 Å². The molecule has 0 aliphatic carbocycles. The smallest absolute Gasteiger partial charge is 0.280 e. The number of aromatic amines is 1. The third kappa shape index (κ3) is 2.67. The highest BCUT2D eigenvalue weighted by Gasteiger charge is 2.27. The van der Waals surface area contributed by atoms with Gasteiger partial charge in [-0.1, -0.05) is 25.1 Å². The van der Waals surface area contributed by atoms with Gasteiger partial charge in [0.15, 0.2) is 5.69 Å². The Balaban J connectivity index is 1.98. The van der Waals surface area contributed by atoms with Crippen LogP contribution in [0.3, 0.4) is 0 Å². The lowest BCUT2D eigenvalue weighted by atomic mass is 10.0. The lowest BCUT2D eigenvalue weighted by Gasteiger charge is -2.23. The molecule has 1 aromatic carbocycles. The van der Waals surface area contributed by atoms with Gasteiger partial charge in [-0.05, 0) is 31.0 Å². The summed E-state index contributed by atoms with van der Waals surface area (Å²) < 4.78 is 0. The van der Waals surface area contributed by atoms with Crippen LogP contribution in [0, 0.1) is 0 Å². The first-order valence-electron chi connectivity index (χ1n) is 7.31. The molecule has 21 heavy (non-hydrogen) atoms. The number of fused-ring (bicyclic) bond motifs is 1. The molecule has 1 amide bonds. The third-order valence-electron chi connectivity index (χ3n) is 3.81. The number of carbonyl (C=O) groups excluding carboxylic acids is 1. The number of H-pyrrole nitrogens is 1. The first-order valence-corrected chi connectivity index (χ1v) is 7.31. The Morgan fingerprint density at radius 2 is 2.33 bits per heavy atom. The molecule has 1 aliphatic heterocycles. The number of rotatable bonds is 3. The van der Waals surface area contributed by atoms with Gasteiger partial charge in [0.2, 0.25) is 0 Å². The van der Waals surface area contributed by atoms with Gasteiger partial charge in [-0.2, -0.15) is 15.4 Å². The summed E-state index contributed by atoms with van der Waals surface area (Å²) in [5.74, 6) is -0.103. The second-order valence-corrected chi connectivity index (χ2v) is 5.12. The Hall–Kier alpha value is -2.21. The molecular formula is C15H19N5O. The predicted octanol–water partition coefficient (Wildman–Crippen LogP) is 1.90. The van der Waals surface area contributed by atoms with E-state index in [4.69, 9.17) is 0 Å². The third-order valence-corrected chi connectivity index (χ3v) is 3.81. The normalized spacial score (nSPS) is 18.1. The van der Waals surface area contributed by atoms with Crippen molar-refractivity contribution in [2.75, 3.05) is 18.0 Å². The van der Waals surface area contributed by atoms with E-state index in [0.717, 1.165) is 25.1 Å². The van der Waals surface area contributed by atoms with Crippen LogP contribution < -0.4 is 10.2 Å². The molecule has 0 radical (unpaired) electrons. The lowest BCUT2D eigenvalue weighted by Crippen LogP contribution is -2.32. The average Bonchev–Trinajstić information content (AvgIpc) is 2.98. The number of amides is 1. The minimum absolute atomic E-state index is 0.103. The molecule has 0 saturated carbocycles. The van der Waals surface area contributed by atoms with Crippen LogP contribution in [0.15, 0.2) is 30.5 Å². The molecule has 3 rings (SSSR count). The minimum Gasteiger partial charge on any atom is -0.310 e. The minimum atomic E-state index is -0.103. The molecule has 6 nitrogen and oxygen atoms in total. The highest BCUT2D eigenvalue weighted by Crippen LogP contribution is 2.33. The summed E-state index contributed by atoms with van der Waals surface area (Å²) in [5.41, 5.74) is 2.49. The van der Waals surface area contributed by atoms with E-state index in [-0.39, 0.29) is 5.91 Å². The molecule has 0 saturated heterocycles. The largest absolute Gasteiger partial charge is 0.310 e. The molecule has 2 aromatic rings. The van der Waals surface area contributed by atoms with E-state index >= 15 is 0 Å². The summed E-state index contributed by atoms with van der Waals surface area (Å²) >= 11 is 0. The van der Waals surface area contributed by atoms with Crippen molar-refractivity contribution in [3.8, 4) is 0 Å². The summed E-state index contributed by atoms with van der Waals surface area (Å²) in [6, 6.07) is 8.38. The van der Waals surface area contributed by atoms with E-state index in [1.54, 1.807) is 0 Å². The molecule has 2 heterocycles. The molecule has 0 spiro atoms. The second-order valence-electron chi connectivity index (χ2n) is 5.12. The van der Waals surface area contributed by atoms with Gasteiger partial charge in [-0.15, -0.1) is 0 Å². The predicted molar refractivity (Wildman–Crippen MR) is 80.2 cm³/mol. The van der Waals surface area contributed by atoms with Crippen LogP contribution in [0.25, 0.3) is 0 Å². The number of hydrogen-bond acceptors (Lipinski definition) is 4. The van der Waals surface area contributed by atoms with Crippen LogP contribution >= 0.6 is 0 Å². The highest BCUT2D eigenvalue weighted by atomic mass is 16.2. The zero-order valence-corrected chi connectivity index (χ0v) is 12.0. The van der Waals surface area contributed by atoms with Crippen molar-refractivity contribution in [2.45, 2.75) is 25.8 Å². The first kappa shape index (κ1) is 13.8. The van der Waals surface area contributed by atoms with Crippen molar-refractivity contribution >= 4 is 11.6 Å². The van der Waals surface area contributed by atoms with Crippen LogP contribution in [-0.4, -0.2) is 34.4 Å². The standard InChI is InChI=1S/C15H19N5O/c1-2-16-12-7-5-9-20(14-8-4-3-6-11(12)14)15(21)13-10-17-19-18-13/h3-4,6,8,10,12,16H,2,5,7,9H2,1H3,(H,17,18,19). The van der Waals surface area contributed by atoms with Crippen molar-refractivity contribution in [1.82, 2.24) is 20.7 Å². The van der Waals surface area contributed by atoms with Gasteiger partial charge in [0.25, 0.3) is 5.91 Å². The number of benzene rings is 1. The Kier molecular flexibility index (Phi) is 3.96. The molecule has 6 heteroatoms. The van der Waals surface area contributed by atoms with Crippen LogP contribution in [0.1, 0.15) is 41.9 Å². The lowest BCUT2D eigenvalue weighted by molar-refractivity contribution is 0.0982. The van der Waals surface area contributed by atoms with Gasteiger partial charge in [0.1, 0.15) is 0 Å². The Morgan fingerprint density at radius 1 is 1.48 bits per heavy atom. The van der Waals surface area contributed by atoms with Gasteiger partial charge in [0.05, 0.1) is 6.20 Å². The molecule has 1 unspecified atom stereocenters. The molecule has 0 bridgehead atoms. The SMILES string of the molecule is CCNC1CCCN(C(=O)c2cn[nH]n2)c2ccccc21. The second kappa shape index (κ2) is 6.05. The monoisotopic (exact) mass is 285 g/mol. The number of para-hydroxylation sites is 1. The fraction of sp³-hybridized carbons (Fsp3) is 0.400. The van der Waals surface area contributed by atoms with Crippen LogP contribution in [0.5, 0.6) is 0 Å². The summed E-state index contributed by atoms with van der Waals surface area (Å²) in [7, 11) is 0. The molecule has 1 aliphatic rings. The fourth-order valence-electron chi connectivity index (χ4n) is 2.87. The van der Waals surface area contributed by atoms with E-state index in [2.05, 4.69) is 33.7 Å². The highest BCUT2D eigenvalue weighted by molar-refractivity contribution is 6.05. The molecular weight excluding hydrogens is 266 g/mol. The van der Waals surface area contributed by atoms with Crippen LogP contribution in [0.2, 0.25) is 0 Å². The number of anilines is 1. The zero-order chi connectivity index (χ0) is 14.7. The number of nitrogens with one attached hydrogen (secondary N) is 2. The average molecular weight is 285 g/mol. The van der Waals surface area contributed by atoms with Gasteiger partial charge in [-0.3, -0.25) is 4.79 Å². The van der Waals surface area contributed by atoms with Crippen molar-refractivity contribution in [2.24, 2.45) is 0 Å². The molecule has 1 atom stereocenters. The zero-order valence-electron chi connectivity index (χ0n) is 12.0. The Bertz CT molecular complexity index is 610. The van der Waals surface area contributed by atoms with Crippen LogP contribution in [0.4, 0.5) is 5.69 Å². The molecule has 0 fully saturated rings. The van der Waals surface area contributed by atoms with Crippen molar-refractivity contribution in [3.63, 3.8) is 0 Å². The van der Waals surface area contributed by atoms with E-state index in [1.165, 1.54) is 11.8 Å². The van der Waals surface area contributed by atoms with Crippen molar-refractivity contribution < 1.29 is 4.79 Å². The maximum Gasteiger partial charge on any atom is 0.280 e. The van der Waals surface area contributed by atoms with Gasteiger partial charge in [-0.25, -0.2) is 0 Å². The van der Waals surface area contributed by atoms with Crippen LogP contribution in [-0.2, 0) is 0 Å². The maximum absolute atomic E-state index is 12.6.